The maximum Gasteiger partial charge on any atom is 0.133 e. The van der Waals surface area contributed by atoms with Crippen LogP contribution in [0.4, 0.5) is 0 Å². The van der Waals surface area contributed by atoms with E-state index in [0.717, 1.165) is 11.3 Å². The number of rotatable bonds is 7. The number of aryl methyl sites for hydroxylation is 1. The second-order valence-corrected chi connectivity index (χ2v) is 6.20. The van der Waals surface area contributed by atoms with Crippen molar-refractivity contribution in [3.63, 3.8) is 0 Å². The Labute approximate surface area is 130 Å². The summed E-state index contributed by atoms with van der Waals surface area (Å²) in [4.78, 5) is 1.63. The summed E-state index contributed by atoms with van der Waals surface area (Å²) in [5.41, 5.74) is 1.28. The van der Waals surface area contributed by atoms with E-state index in [1.807, 2.05) is 18.2 Å². The van der Waals surface area contributed by atoms with E-state index >= 15 is 0 Å². The molecule has 112 valence electrons. The molecule has 0 radical (unpaired) electrons. The largest absolute Gasteiger partial charge is 0.507 e. The minimum atomic E-state index is 0.126. The third kappa shape index (κ3) is 4.43. The van der Waals surface area contributed by atoms with Crippen molar-refractivity contribution >= 4 is 11.8 Å². The molecule has 0 bridgehead atoms. The van der Waals surface area contributed by atoms with Crippen LogP contribution in [-0.4, -0.2) is 10.2 Å². The van der Waals surface area contributed by atoms with E-state index in [1.165, 1.54) is 43.0 Å². The fourth-order valence-corrected chi connectivity index (χ4v) is 3.29. The highest BCUT2D eigenvalue weighted by molar-refractivity contribution is 7.99. The van der Waals surface area contributed by atoms with E-state index < -0.39 is 0 Å². The lowest BCUT2D eigenvalue weighted by Gasteiger charge is -2.11. The van der Waals surface area contributed by atoms with Gasteiger partial charge in [-0.05, 0) is 36.6 Å². The zero-order chi connectivity index (χ0) is 15.1. The Bertz CT molecular complexity index is 561. The maximum absolute atomic E-state index is 9.91. The van der Waals surface area contributed by atoms with Crippen molar-refractivity contribution in [3.05, 3.63) is 48.0 Å². The minimum Gasteiger partial charge on any atom is -0.507 e. The molecule has 0 saturated heterocycles. The molecule has 2 aromatic rings. The van der Waals surface area contributed by atoms with Gasteiger partial charge in [0.25, 0.3) is 0 Å². The van der Waals surface area contributed by atoms with Crippen molar-refractivity contribution in [2.24, 2.45) is 0 Å². The standard InChI is InChI=1S/C18H22O2S/c1-2-3-4-5-9-14-10-6-7-13-17(14)21-18-15(19)11-8-12-16(18)20/h6-8,10-13,19-20H,2-5,9H2,1H3. The van der Waals surface area contributed by atoms with Crippen molar-refractivity contribution < 1.29 is 10.2 Å². The Morgan fingerprint density at radius 1 is 0.857 bits per heavy atom. The van der Waals surface area contributed by atoms with E-state index in [4.69, 9.17) is 0 Å². The van der Waals surface area contributed by atoms with Gasteiger partial charge in [-0.1, -0.05) is 62.2 Å². The van der Waals surface area contributed by atoms with Gasteiger partial charge in [-0.25, -0.2) is 0 Å². The SMILES string of the molecule is CCCCCCc1ccccc1Sc1c(O)cccc1O. The molecular weight excluding hydrogens is 280 g/mol. The first-order valence-corrected chi connectivity index (χ1v) is 8.30. The topological polar surface area (TPSA) is 40.5 Å². The molecule has 0 aliphatic heterocycles. The average molecular weight is 302 g/mol. The Morgan fingerprint density at radius 2 is 1.57 bits per heavy atom. The Balaban J connectivity index is 2.13. The van der Waals surface area contributed by atoms with Crippen LogP contribution in [0.15, 0.2) is 52.3 Å². The van der Waals surface area contributed by atoms with E-state index in [0.29, 0.717) is 4.90 Å². The van der Waals surface area contributed by atoms with Crippen molar-refractivity contribution in [2.75, 3.05) is 0 Å². The van der Waals surface area contributed by atoms with Gasteiger partial charge in [0.1, 0.15) is 11.5 Å². The average Bonchev–Trinajstić information content (AvgIpc) is 2.49. The lowest BCUT2D eigenvalue weighted by molar-refractivity contribution is 0.428. The molecule has 0 saturated carbocycles. The normalized spacial score (nSPS) is 10.7. The van der Waals surface area contributed by atoms with Crippen molar-refractivity contribution in [1.29, 1.82) is 0 Å². The molecule has 21 heavy (non-hydrogen) atoms. The van der Waals surface area contributed by atoms with Gasteiger partial charge in [-0.3, -0.25) is 0 Å². The molecule has 0 atom stereocenters. The monoisotopic (exact) mass is 302 g/mol. The molecule has 0 fully saturated rings. The third-order valence-electron chi connectivity index (χ3n) is 3.46. The van der Waals surface area contributed by atoms with Crippen LogP contribution in [0.1, 0.15) is 38.2 Å². The molecule has 0 aromatic heterocycles. The number of aromatic hydroxyl groups is 2. The molecule has 0 aliphatic carbocycles. The van der Waals surface area contributed by atoms with Gasteiger partial charge in [0, 0.05) is 4.90 Å². The summed E-state index contributed by atoms with van der Waals surface area (Å²) >= 11 is 1.43. The Morgan fingerprint density at radius 3 is 2.29 bits per heavy atom. The van der Waals surface area contributed by atoms with Crippen LogP contribution in [0, 0.1) is 0 Å². The summed E-state index contributed by atoms with van der Waals surface area (Å²) in [6.07, 6.45) is 5.98. The van der Waals surface area contributed by atoms with Gasteiger partial charge >= 0.3 is 0 Å². The highest BCUT2D eigenvalue weighted by atomic mass is 32.2. The van der Waals surface area contributed by atoms with Gasteiger partial charge in [-0.2, -0.15) is 0 Å². The number of unbranched alkanes of at least 4 members (excludes halogenated alkanes) is 3. The molecule has 0 spiro atoms. The minimum absolute atomic E-state index is 0.126. The first kappa shape index (κ1) is 15.8. The summed E-state index contributed by atoms with van der Waals surface area (Å²) in [7, 11) is 0. The second kappa shape index (κ2) is 7.99. The fourth-order valence-electron chi connectivity index (χ4n) is 2.28. The number of phenols is 2. The predicted molar refractivity (Wildman–Crippen MR) is 88.2 cm³/mol. The van der Waals surface area contributed by atoms with Crippen LogP contribution >= 0.6 is 11.8 Å². The number of benzene rings is 2. The molecule has 2 N–H and O–H groups in total. The first-order valence-electron chi connectivity index (χ1n) is 7.49. The smallest absolute Gasteiger partial charge is 0.133 e. The molecule has 2 nitrogen and oxygen atoms in total. The lowest BCUT2D eigenvalue weighted by atomic mass is 10.1. The van der Waals surface area contributed by atoms with Crippen LogP contribution in [0.25, 0.3) is 0 Å². The fraction of sp³-hybridized carbons (Fsp3) is 0.333. The predicted octanol–water partition coefficient (Wildman–Crippen LogP) is 5.37. The van der Waals surface area contributed by atoms with Crippen LogP contribution < -0.4 is 0 Å². The first-order chi connectivity index (χ1) is 10.2. The van der Waals surface area contributed by atoms with Gasteiger partial charge in [0.15, 0.2) is 0 Å². The van der Waals surface area contributed by atoms with Crippen molar-refractivity contribution in [2.45, 2.75) is 48.8 Å². The zero-order valence-electron chi connectivity index (χ0n) is 12.4. The van der Waals surface area contributed by atoms with E-state index in [1.54, 1.807) is 18.2 Å². The lowest BCUT2D eigenvalue weighted by Crippen LogP contribution is -1.89. The summed E-state index contributed by atoms with van der Waals surface area (Å²) in [5, 5.41) is 19.8. The zero-order valence-corrected chi connectivity index (χ0v) is 13.2. The molecule has 0 aliphatic rings. The highest BCUT2D eigenvalue weighted by Crippen LogP contribution is 2.41. The third-order valence-corrected chi connectivity index (χ3v) is 4.70. The van der Waals surface area contributed by atoms with E-state index in [9.17, 15) is 10.2 Å². The Kier molecular flexibility index (Phi) is 6.00. The highest BCUT2D eigenvalue weighted by Gasteiger charge is 2.11. The molecule has 0 unspecified atom stereocenters. The summed E-state index contributed by atoms with van der Waals surface area (Å²) in [6.45, 7) is 2.21. The van der Waals surface area contributed by atoms with Crippen LogP contribution in [0.2, 0.25) is 0 Å². The van der Waals surface area contributed by atoms with E-state index in [-0.39, 0.29) is 11.5 Å². The van der Waals surface area contributed by atoms with Gasteiger partial charge < -0.3 is 10.2 Å². The van der Waals surface area contributed by atoms with Gasteiger partial charge in [0.2, 0.25) is 0 Å². The summed E-state index contributed by atoms with van der Waals surface area (Å²) in [5.74, 6) is 0.251. The van der Waals surface area contributed by atoms with E-state index in [2.05, 4.69) is 13.0 Å². The Hall–Kier alpha value is -1.61. The molecule has 3 heteroatoms. The summed E-state index contributed by atoms with van der Waals surface area (Å²) < 4.78 is 0. The van der Waals surface area contributed by atoms with Crippen LogP contribution in [-0.2, 0) is 6.42 Å². The van der Waals surface area contributed by atoms with Crippen LogP contribution in [0.5, 0.6) is 11.5 Å². The summed E-state index contributed by atoms with van der Waals surface area (Å²) in [6, 6.07) is 13.1. The quantitative estimate of drug-likeness (QED) is 0.675. The maximum atomic E-state index is 9.91. The molecular formula is C18H22O2S. The van der Waals surface area contributed by atoms with Crippen LogP contribution in [0.3, 0.4) is 0 Å². The number of phenolic OH excluding ortho intramolecular Hbond substituents is 2. The molecule has 2 aromatic carbocycles. The van der Waals surface area contributed by atoms with Crippen molar-refractivity contribution in [3.8, 4) is 11.5 Å². The van der Waals surface area contributed by atoms with Crippen molar-refractivity contribution in [1.82, 2.24) is 0 Å². The number of hydrogen-bond acceptors (Lipinski definition) is 3. The second-order valence-electron chi connectivity index (χ2n) is 5.15. The van der Waals surface area contributed by atoms with Gasteiger partial charge in [-0.15, -0.1) is 0 Å². The molecule has 0 amide bonds. The molecule has 2 rings (SSSR count). The molecule has 0 heterocycles. The van der Waals surface area contributed by atoms with Gasteiger partial charge in [0.05, 0.1) is 4.90 Å². The number of hydrogen-bond donors (Lipinski definition) is 2.